The van der Waals surface area contributed by atoms with Gasteiger partial charge in [0.05, 0.1) is 12.2 Å². The van der Waals surface area contributed by atoms with Gasteiger partial charge in [0.25, 0.3) is 0 Å². The smallest absolute Gasteiger partial charge is 0.0915 e. The molecule has 0 saturated heterocycles. The second kappa shape index (κ2) is 4.94. The first kappa shape index (κ1) is 15.6. The molecule has 0 unspecified atom stereocenters. The van der Waals surface area contributed by atoms with Gasteiger partial charge in [-0.15, -0.1) is 0 Å². The Morgan fingerprint density at radius 1 is 0.960 bits per heavy atom. The molecule has 1 fully saturated rings. The Bertz CT molecular complexity index is 845. The molecule has 1 aliphatic carbocycles. The van der Waals surface area contributed by atoms with Crippen molar-refractivity contribution in [3.8, 4) is 0 Å². The Morgan fingerprint density at radius 2 is 1.56 bits per heavy atom. The summed E-state index contributed by atoms with van der Waals surface area (Å²) in [6.07, 6.45) is 4.03. The number of hydrogen-bond donors (Lipinski definition) is 1. The van der Waals surface area contributed by atoms with Gasteiger partial charge in [0.15, 0.2) is 0 Å². The van der Waals surface area contributed by atoms with Crippen molar-refractivity contribution in [2.45, 2.75) is 56.0 Å². The van der Waals surface area contributed by atoms with Crippen molar-refractivity contribution in [1.82, 2.24) is 5.32 Å². The van der Waals surface area contributed by atoms with Crippen molar-refractivity contribution in [2.75, 3.05) is 6.67 Å². The molecule has 2 heteroatoms. The van der Waals surface area contributed by atoms with Crippen molar-refractivity contribution in [2.24, 2.45) is 5.92 Å². The summed E-state index contributed by atoms with van der Waals surface area (Å²) >= 11 is 0. The van der Waals surface area contributed by atoms with E-state index in [0.29, 0.717) is 17.8 Å². The largest absolute Gasteiger partial charge is 0.294 e. The van der Waals surface area contributed by atoms with Crippen molar-refractivity contribution >= 4 is 0 Å². The minimum atomic E-state index is -0.273. The molecule has 5 rings (SSSR count). The van der Waals surface area contributed by atoms with E-state index < -0.39 is 0 Å². The number of fused-ring (bicyclic) bond motifs is 9. The van der Waals surface area contributed by atoms with Gasteiger partial charge in [-0.25, -0.2) is 0 Å². The van der Waals surface area contributed by atoms with Crippen LogP contribution in [0.1, 0.15) is 61.8 Å². The number of halogens is 1. The van der Waals surface area contributed by atoms with Gasteiger partial charge in [0.1, 0.15) is 0 Å². The van der Waals surface area contributed by atoms with Crippen molar-refractivity contribution in [3.05, 3.63) is 70.8 Å². The van der Waals surface area contributed by atoms with Gasteiger partial charge in [0, 0.05) is 5.54 Å². The predicted molar refractivity (Wildman–Crippen MR) is 99.4 cm³/mol. The molecular formula is C23H26FN. The zero-order chi connectivity index (χ0) is 17.3. The topological polar surface area (TPSA) is 12.0 Å². The summed E-state index contributed by atoms with van der Waals surface area (Å²) in [4.78, 5) is 0. The molecular weight excluding hydrogens is 309 g/mol. The molecule has 0 amide bonds. The van der Waals surface area contributed by atoms with Crippen LogP contribution in [0.25, 0.3) is 0 Å². The first-order chi connectivity index (χ1) is 12.1. The highest BCUT2D eigenvalue weighted by molar-refractivity contribution is 5.57. The average Bonchev–Trinajstić information content (AvgIpc) is 3.27. The minimum absolute atomic E-state index is 0.227. The third-order valence-corrected chi connectivity index (χ3v) is 7.45. The van der Waals surface area contributed by atoms with E-state index >= 15 is 0 Å². The summed E-state index contributed by atoms with van der Waals surface area (Å²) < 4.78 is 13.7. The predicted octanol–water partition coefficient (Wildman–Crippen LogP) is 5.18. The first-order valence-corrected chi connectivity index (χ1v) is 9.65. The van der Waals surface area contributed by atoms with Gasteiger partial charge in [-0.2, -0.15) is 0 Å². The van der Waals surface area contributed by atoms with Crippen LogP contribution < -0.4 is 5.32 Å². The quantitative estimate of drug-likeness (QED) is 0.815. The normalized spacial score (nSPS) is 37.5. The van der Waals surface area contributed by atoms with Gasteiger partial charge < -0.3 is 0 Å². The van der Waals surface area contributed by atoms with Gasteiger partial charge in [0.2, 0.25) is 0 Å². The highest BCUT2D eigenvalue weighted by Crippen LogP contribution is 2.66. The van der Waals surface area contributed by atoms with Crippen molar-refractivity contribution < 1.29 is 4.39 Å². The average molecular weight is 335 g/mol. The van der Waals surface area contributed by atoms with E-state index in [-0.39, 0.29) is 17.8 Å². The summed E-state index contributed by atoms with van der Waals surface area (Å²) in [6.45, 7) is 4.35. The molecule has 4 atom stereocenters. The Kier molecular flexibility index (Phi) is 3.08. The summed E-state index contributed by atoms with van der Waals surface area (Å²) in [5.41, 5.74) is 5.40. The maximum absolute atomic E-state index is 13.7. The maximum atomic E-state index is 13.7. The molecule has 25 heavy (non-hydrogen) atoms. The molecule has 1 N–H and O–H groups in total. The second-order valence-electron chi connectivity index (χ2n) is 8.48. The zero-order valence-corrected chi connectivity index (χ0v) is 15.1. The minimum Gasteiger partial charge on any atom is -0.294 e. The van der Waals surface area contributed by atoms with E-state index in [9.17, 15) is 4.39 Å². The zero-order valence-electron chi connectivity index (χ0n) is 15.1. The molecule has 2 aromatic rings. The second-order valence-corrected chi connectivity index (χ2v) is 8.48. The Balaban J connectivity index is 1.82. The lowest BCUT2D eigenvalue weighted by atomic mass is 9.76. The fraction of sp³-hybridized carbons (Fsp3) is 0.478. The molecule has 1 saturated carbocycles. The third-order valence-electron chi connectivity index (χ3n) is 7.45. The van der Waals surface area contributed by atoms with Crippen LogP contribution in [0, 0.1) is 5.92 Å². The number of benzene rings is 2. The number of alkyl halides is 1. The van der Waals surface area contributed by atoms with Crippen LogP contribution in [0.15, 0.2) is 48.5 Å². The number of nitrogens with one attached hydrogen (secondary N) is 1. The van der Waals surface area contributed by atoms with Gasteiger partial charge in [-0.05, 0) is 66.2 Å². The van der Waals surface area contributed by atoms with E-state index in [1.54, 1.807) is 0 Å². The fourth-order valence-corrected chi connectivity index (χ4v) is 6.16. The Hall–Kier alpha value is -1.67. The molecule has 130 valence electrons. The molecule has 0 spiro atoms. The Labute approximate surface area is 149 Å². The Morgan fingerprint density at radius 3 is 2.20 bits per heavy atom. The van der Waals surface area contributed by atoms with Gasteiger partial charge >= 0.3 is 0 Å². The summed E-state index contributed by atoms with van der Waals surface area (Å²) in [6, 6.07) is 17.7. The molecule has 2 aliphatic heterocycles. The standard InChI is InChI=1S/C23H26FN/c1-3-22-14-16(22)15-23(12-13-24)20-11-7-5-9-18(20)21(2,25-23)17-8-4-6-10-19(17)22/h4-11,16,25H,3,12-15H2,1-2H3/t16-,21-,22-,23+/m1/s1. The first-order valence-electron chi connectivity index (χ1n) is 9.65. The number of rotatable bonds is 3. The van der Waals surface area contributed by atoms with E-state index in [1.807, 2.05) is 0 Å². The van der Waals surface area contributed by atoms with E-state index in [2.05, 4.69) is 67.7 Å². The summed E-state index contributed by atoms with van der Waals surface area (Å²) in [5.74, 6) is 0.647. The van der Waals surface area contributed by atoms with Crippen LogP contribution in [-0.2, 0) is 16.5 Å². The molecule has 0 radical (unpaired) electrons. The lowest BCUT2D eigenvalue weighted by molar-refractivity contribution is 0.209. The van der Waals surface area contributed by atoms with Crippen molar-refractivity contribution in [3.63, 3.8) is 0 Å². The maximum Gasteiger partial charge on any atom is 0.0915 e. The SMILES string of the molecule is CC[C@@]12C[C@@H]1C[C@]1(CCF)N[C@@](C)(c3ccccc31)c1ccccc12. The highest BCUT2D eigenvalue weighted by Gasteiger charge is 2.63. The molecule has 2 bridgehead atoms. The van der Waals surface area contributed by atoms with Crippen LogP contribution in [0.2, 0.25) is 0 Å². The van der Waals surface area contributed by atoms with Gasteiger partial charge in [-0.1, -0.05) is 55.5 Å². The van der Waals surface area contributed by atoms with Crippen LogP contribution in [0.4, 0.5) is 4.39 Å². The fourth-order valence-electron chi connectivity index (χ4n) is 6.16. The van der Waals surface area contributed by atoms with E-state index in [1.165, 1.54) is 35.1 Å². The monoisotopic (exact) mass is 335 g/mol. The van der Waals surface area contributed by atoms with E-state index in [4.69, 9.17) is 0 Å². The van der Waals surface area contributed by atoms with E-state index in [0.717, 1.165) is 6.42 Å². The lowest BCUT2D eigenvalue weighted by Crippen LogP contribution is -2.49. The molecule has 2 aromatic carbocycles. The van der Waals surface area contributed by atoms with Crippen LogP contribution in [0.5, 0.6) is 0 Å². The molecule has 0 aromatic heterocycles. The third kappa shape index (κ3) is 1.81. The van der Waals surface area contributed by atoms with Crippen LogP contribution in [0.3, 0.4) is 0 Å². The molecule has 1 nitrogen and oxygen atoms in total. The van der Waals surface area contributed by atoms with Crippen LogP contribution >= 0.6 is 0 Å². The van der Waals surface area contributed by atoms with Crippen molar-refractivity contribution in [1.29, 1.82) is 0 Å². The molecule has 2 heterocycles. The summed E-state index contributed by atoms with van der Waals surface area (Å²) in [7, 11) is 0. The van der Waals surface area contributed by atoms with Crippen LogP contribution in [-0.4, -0.2) is 6.67 Å². The summed E-state index contributed by atoms with van der Waals surface area (Å²) in [5, 5.41) is 3.96. The number of hydrogen-bond acceptors (Lipinski definition) is 1. The highest BCUT2D eigenvalue weighted by atomic mass is 19.1. The lowest BCUT2D eigenvalue weighted by Gasteiger charge is -2.40. The molecule has 3 aliphatic rings. The van der Waals surface area contributed by atoms with Gasteiger partial charge in [-0.3, -0.25) is 9.71 Å².